The summed E-state index contributed by atoms with van der Waals surface area (Å²) in [7, 11) is 0. The van der Waals surface area contributed by atoms with Crippen LogP contribution in [-0.4, -0.2) is 29.6 Å². The van der Waals surface area contributed by atoms with Gasteiger partial charge in [-0.05, 0) is 31.0 Å². The standard InChI is InChI=1S/C12H15FN2OS/c13-9-5-10(14)7-11(6-9)17-8-12(16)15-3-1-2-4-15/h5-7H,1-4,8,14H2. The second-order valence-corrected chi connectivity index (χ2v) is 5.15. The van der Waals surface area contributed by atoms with Gasteiger partial charge < -0.3 is 10.6 Å². The number of hydrogen-bond donors (Lipinski definition) is 1. The molecule has 1 fully saturated rings. The number of anilines is 1. The Balaban J connectivity index is 1.90. The molecule has 2 rings (SSSR count). The Labute approximate surface area is 104 Å². The fourth-order valence-corrected chi connectivity index (χ4v) is 2.76. The maximum absolute atomic E-state index is 13.1. The minimum Gasteiger partial charge on any atom is -0.399 e. The van der Waals surface area contributed by atoms with Crippen LogP contribution in [0.1, 0.15) is 12.8 Å². The van der Waals surface area contributed by atoms with Gasteiger partial charge in [-0.2, -0.15) is 0 Å². The highest BCUT2D eigenvalue weighted by atomic mass is 32.2. The summed E-state index contributed by atoms with van der Waals surface area (Å²) < 4.78 is 13.1. The highest BCUT2D eigenvalue weighted by molar-refractivity contribution is 8.00. The topological polar surface area (TPSA) is 46.3 Å². The van der Waals surface area contributed by atoms with Crippen molar-refractivity contribution in [1.29, 1.82) is 0 Å². The molecule has 0 radical (unpaired) electrons. The van der Waals surface area contributed by atoms with Gasteiger partial charge in [0, 0.05) is 23.7 Å². The molecule has 1 aliphatic heterocycles. The van der Waals surface area contributed by atoms with Gasteiger partial charge in [-0.15, -0.1) is 11.8 Å². The lowest BCUT2D eigenvalue weighted by atomic mass is 10.3. The minimum absolute atomic E-state index is 0.121. The number of benzene rings is 1. The number of halogens is 1. The van der Waals surface area contributed by atoms with Gasteiger partial charge in [-0.1, -0.05) is 0 Å². The smallest absolute Gasteiger partial charge is 0.232 e. The molecule has 1 aliphatic rings. The first kappa shape index (κ1) is 12.2. The van der Waals surface area contributed by atoms with Crippen molar-refractivity contribution in [2.75, 3.05) is 24.6 Å². The first-order valence-electron chi connectivity index (χ1n) is 5.62. The zero-order valence-electron chi connectivity index (χ0n) is 9.49. The number of nitrogen functional groups attached to an aromatic ring is 1. The summed E-state index contributed by atoms with van der Waals surface area (Å²) in [6, 6.07) is 4.36. The molecular weight excluding hydrogens is 239 g/mol. The number of nitrogens with zero attached hydrogens (tertiary/aromatic N) is 1. The Morgan fingerprint density at radius 2 is 2.06 bits per heavy atom. The lowest BCUT2D eigenvalue weighted by Gasteiger charge is -2.14. The number of rotatable bonds is 3. The Bertz CT molecular complexity index is 399. The molecule has 5 heteroatoms. The van der Waals surface area contributed by atoms with Crippen molar-refractivity contribution in [2.45, 2.75) is 17.7 Å². The number of likely N-dealkylation sites (tertiary alicyclic amines) is 1. The number of nitrogens with two attached hydrogens (primary N) is 1. The maximum atomic E-state index is 13.1. The second kappa shape index (κ2) is 5.40. The maximum Gasteiger partial charge on any atom is 0.232 e. The third-order valence-electron chi connectivity index (χ3n) is 2.71. The van der Waals surface area contributed by atoms with Crippen LogP contribution in [0.25, 0.3) is 0 Å². The molecule has 0 atom stereocenters. The molecule has 0 bridgehead atoms. The molecule has 1 heterocycles. The predicted molar refractivity (Wildman–Crippen MR) is 67.4 cm³/mol. The summed E-state index contributed by atoms with van der Waals surface area (Å²) in [6.45, 7) is 1.70. The van der Waals surface area contributed by atoms with E-state index in [0.717, 1.165) is 25.9 Å². The fourth-order valence-electron chi connectivity index (χ4n) is 1.87. The van der Waals surface area contributed by atoms with Crippen LogP contribution < -0.4 is 5.73 Å². The van der Waals surface area contributed by atoms with Crippen LogP contribution in [0.5, 0.6) is 0 Å². The highest BCUT2D eigenvalue weighted by Crippen LogP contribution is 2.23. The fraction of sp³-hybridized carbons (Fsp3) is 0.417. The van der Waals surface area contributed by atoms with E-state index in [1.54, 1.807) is 6.07 Å². The molecular formula is C12H15FN2OS. The molecule has 0 unspecified atom stereocenters. The Hall–Kier alpha value is -1.23. The number of amides is 1. The highest BCUT2D eigenvalue weighted by Gasteiger charge is 2.17. The normalized spacial score (nSPS) is 15.2. The number of carbonyl (C=O) groups excluding carboxylic acids is 1. The summed E-state index contributed by atoms with van der Waals surface area (Å²) >= 11 is 1.33. The first-order valence-corrected chi connectivity index (χ1v) is 6.60. The first-order chi connectivity index (χ1) is 8.15. The number of carbonyl (C=O) groups is 1. The molecule has 3 nitrogen and oxygen atoms in total. The molecule has 0 aromatic heterocycles. The van der Waals surface area contributed by atoms with Gasteiger partial charge in [0.05, 0.1) is 5.75 Å². The summed E-state index contributed by atoms with van der Waals surface area (Å²) in [4.78, 5) is 14.3. The van der Waals surface area contributed by atoms with Crippen LogP contribution in [0, 0.1) is 5.82 Å². The van der Waals surface area contributed by atoms with E-state index >= 15 is 0 Å². The monoisotopic (exact) mass is 254 g/mol. The van der Waals surface area contributed by atoms with E-state index in [1.165, 1.54) is 23.9 Å². The summed E-state index contributed by atoms with van der Waals surface area (Å²) in [5.74, 6) is 0.111. The van der Waals surface area contributed by atoms with Crippen LogP contribution in [0.4, 0.5) is 10.1 Å². The molecule has 1 amide bonds. The van der Waals surface area contributed by atoms with E-state index in [1.807, 2.05) is 4.90 Å². The van der Waals surface area contributed by atoms with E-state index in [4.69, 9.17) is 5.73 Å². The molecule has 0 aliphatic carbocycles. The van der Waals surface area contributed by atoms with Crippen molar-refractivity contribution in [3.8, 4) is 0 Å². The molecule has 1 aromatic carbocycles. The molecule has 1 saturated heterocycles. The van der Waals surface area contributed by atoms with Gasteiger partial charge in [0.2, 0.25) is 5.91 Å². The van der Waals surface area contributed by atoms with Crippen LogP contribution in [0.2, 0.25) is 0 Å². The van der Waals surface area contributed by atoms with Gasteiger partial charge in [0.1, 0.15) is 5.82 Å². The van der Waals surface area contributed by atoms with Crippen LogP contribution in [0.15, 0.2) is 23.1 Å². The third kappa shape index (κ3) is 3.36. The van der Waals surface area contributed by atoms with Crippen molar-refractivity contribution in [1.82, 2.24) is 4.90 Å². The van der Waals surface area contributed by atoms with Gasteiger partial charge in [0.25, 0.3) is 0 Å². The summed E-state index contributed by atoms with van der Waals surface area (Å²) in [5.41, 5.74) is 5.93. The van der Waals surface area contributed by atoms with Gasteiger partial charge in [-0.3, -0.25) is 4.79 Å². The van der Waals surface area contributed by atoms with E-state index < -0.39 is 0 Å². The second-order valence-electron chi connectivity index (χ2n) is 4.10. The van der Waals surface area contributed by atoms with Gasteiger partial charge >= 0.3 is 0 Å². The molecule has 92 valence electrons. The Morgan fingerprint density at radius 3 is 2.71 bits per heavy atom. The molecule has 17 heavy (non-hydrogen) atoms. The van der Waals surface area contributed by atoms with E-state index in [0.29, 0.717) is 16.3 Å². The molecule has 0 spiro atoms. The van der Waals surface area contributed by atoms with E-state index in [-0.39, 0.29) is 11.7 Å². The van der Waals surface area contributed by atoms with E-state index in [9.17, 15) is 9.18 Å². The number of thioether (sulfide) groups is 1. The van der Waals surface area contributed by atoms with Crippen molar-refractivity contribution in [3.63, 3.8) is 0 Å². The zero-order chi connectivity index (χ0) is 12.3. The Morgan fingerprint density at radius 1 is 1.35 bits per heavy atom. The lowest BCUT2D eigenvalue weighted by molar-refractivity contribution is -0.127. The van der Waals surface area contributed by atoms with Crippen LogP contribution in [0.3, 0.4) is 0 Å². The minimum atomic E-state index is -0.360. The average molecular weight is 254 g/mol. The zero-order valence-corrected chi connectivity index (χ0v) is 10.3. The summed E-state index contributed by atoms with van der Waals surface area (Å²) in [6.07, 6.45) is 2.17. The molecule has 0 saturated carbocycles. The van der Waals surface area contributed by atoms with Gasteiger partial charge in [0.15, 0.2) is 0 Å². The molecule has 1 aromatic rings. The van der Waals surface area contributed by atoms with Crippen LogP contribution in [-0.2, 0) is 4.79 Å². The largest absolute Gasteiger partial charge is 0.399 e. The number of hydrogen-bond acceptors (Lipinski definition) is 3. The Kier molecular flexibility index (Phi) is 3.89. The van der Waals surface area contributed by atoms with E-state index in [2.05, 4.69) is 0 Å². The molecule has 2 N–H and O–H groups in total. The van der Waals surface area contributed by atoms with Crippen molar-refractivity contribution in [3.05, 3.63) is 24.0 Å². The van der Waals surface area contributed by atoms with Crippen LogP contribution >= 0.6 is 11.8 Å². The third-order valence-corrected chi connectivity index (χ3v) is 3.68. The van der Waals surface area contributed by atoms with Gasteiger partial charge in [-0.25, -0.2) is 4.39 Å². The summed E-state index contributed by atoms with van der Waals surface area (Å²) in [5, 5.41) is 0. The predicted octanol–water partition coefficient (Wildman–Crippen LogP) is 2.12. The van der Waals surface area contributed by atoms with Crippen molar-refractivity contribution >= 4 is 23.4 Å². The van der Waals surface area contributed by atoms with Crippen molar-refractivity contribution in [2.24, 2.45) is 0 Å². The quantitative estimate of drug-likeness (QED) is 0.664. The van der Waals surface area contributed by atoms with Crippen molar-refractivity contribution < 1.29 is 9.18 Å². The lowest BCUT2D eigenvalue weighted by Crippen LogP contribution is -2.29. The average Bonchev–Trinajstić information content (AvgIpc) is 2.78. The SMILES string of the molecule is Nc1cc(F)cc(SCC(=O)N2CCCC2)c1.